The van der Waals surface area contributed by atoms with Crippen LogP contribution >= 0.6 is 11.8 Å². The van der Waals surface area contributed by atoms with Gasteiger partial charge in [-0.05, 0) is 48.8 Å². The molecule has 188 valence electrons. The standard InChI is InChI=1S/C27H35N3O3S2/c1-22-12-15-29(16-13-22)27(31)25-21-24(10-11-26(25)34-2)35(32,33)30-19-17-28(18-20-30)14-6-9-23-7-4-3-5-8-23/h3-11,21-22H,12-20H2,1-2H3/b9-6+. The SMILES string of the molecule is CSc1ccc(S(=O)(=O)N2CCN(C/C=C/c3ccccc3)CC2)cc1C(=O)N1CCC(C)CC1. The number of hydrogen-bond acceptors (Lipinski definition) is 5. The molecule has 2 aromatic rings. The van der Waals surface area contributed by atoms with Crippen molar-refractivity contribution in [1.29, 1.82) is 0 Å². The summed E-state index contributed by atoms with van der Waals surface area (Å²) in [5.41, 5.74) is 1.66. The molecule has 0 atom stereocenters. The number of benzene rings is 2. The van der Waals surface area contributed by atoms with Crippen molar-refractivity contribution in [3.05, 3.63) is 65.7 Å². The summed E-state index contributed by atoms with van der Waals surface area (Å²) in [6.45, 7) is 6.70. The molecule has 1 amide bonds. The molecule has 0 aliphatic carbocycles. The molecule has 2 fully saturated rings. The molecule has 0 unspecified atom stereocenters. The summed E-state index contributed by atoms with van der Waals surface area (Å²) in [5.74, 6) is 0.562. The van der Waals surface area contributed by atoms with E-state index in [4.69, 9.17) is 0 Å². The summed E-state index contributed by atoms with van der Waals surface area (Å²) in [6, 6.07) is 15.2. The van der Waals surface area contributed by atoms with Gasteiger partial charge in [-0.25, -0.2) is 8.42 Å². The van der Waals surface area contributed by atoms with Gasteiger partial charge in [0.2, 0.25) is 10.0 Å². The number of carbonyl (C=O) groups is 1. The number of carbonyl (C=O) groups excluding carboxylic acids is 1. The van der Waals surface area contributed by atoms with Crippen LogP contribution < -0.4 is 0 Å². The normalized spacial score (nSPS) is 18.9. The van der Waals surface area contributed by atoms with Crippen LogP contribution in [0.1, 0.15) is 35.7 Å². The van der Waals surface area contributed by atoms with E-state index in [9.17, 15) is 13.2 Å². The summed E-state index contributed by atoms with van der Waals surface area (Å²) in [5, 5.41) is 0. The van der Waals surface area contributed by atoms with Crippen LogP contribution in [-0.2, 0) is 10.0 Å². The first-order chi connectivity index (χ1) is 16.9. The Balaban J connectivity index is 1.41. The van der Waals surface area contributed by atoms with Gasteiger partial charge in [0.15, 0.2) is 0 Å². The van der Waals surface area contributed by atoms with E-state index in [1.165, 1.54) is 11.8 Å². The highest BCUT2D eigenvalue weighted by molar-refractivity contribution is 7.98. The highest BCUT2D eigenvalue weighted by atomic mass is 32.2. The van der Waals surface area contributed by atoms with Gasteiger partial charge in [-0.2, -0.15) is 4.31 Å². The van der Waals surface area contributed by atoms with Gasteiger partial charge in [0.1, 0.15) is 0 Å². The van der Waals surface area contributed by atoms with Gasteiger partial charge in [-0.15, -0.1) is 11.8 Å². The second kappa shape index (κ2) is 11.7. The van der Waals surface area contributed by atoms with Gasteiger partial charge < -0.3 is 4.90 Å². The Morgan fingerprint density at radius 1 is 1.00 bits per heavy atom. The molecule has 2 aliphatic heterocycles. The van der Waals surface area contributed by atoms with Crippen LogP contribution in [0.15, 0.2) is 64.4 Å². The topological polar surface area (TPSA) is 60.9 Å². The second-order valence-electron chi connectivity index (χ2n) is 9.35. The predicted octanol–water partition coefficient (Wildman–Crippen LogP) is 4.30. The Morgan fingerprint density at radius 3 is 2.34 bits per heavy atom. The second-order valence-corrected chi connectivity index (χ2v) is 12.1. The zero-order valence-electron chi connectivity index (χ0n) is 20.6. The molecule has 4 rings (SSSR count). The molecule has 0 bridgehead atoms. The monoisotopic (exact) mass is 513 g/mol. The first-order valence-corrected chi connectivity index (χ1v) is 15.0. The van der Waals surface area contributed by atoms with Gasteiger partial charge >= 0.3 is 0 Å². The molecule has 2 aromatic carbocycles. The maximum absolute atomic E-state index is 13.4. The zero-order valence-corrected chi connectivity index (χ0v) is 22.2. The van der Waals surface area contributed by atoms with E-state index in [2.05, 4.69) is 36.1 Å². The van der Waals surface area contributed by atoms with Crippen LogP contribution in [0, 0.1) is 5.92 Å². The summed E-state index contributed by atoms with van der Waals surface area (Å²) < 4.78 is 28.4. The first-order valence-electron chi connectivity index (χ1n) is 12.3. The zero-order chi connectivity index (χ0) is 24.8. The smallest absolute Gasteiger partial charge is 0.255 e. The molecule has 6 nitrogen and oxygen atoms in total. The summed E-state index contributed by atoms with van der Waals surface area (Å²) >= 11 is 1.48. The van der Waals surface area contributed by atoms with E-state index in [1.54, 1.807) is 22.5 Å². The molecule has 2 heterocycles. The maximum atomic E-state index is 13.4. The van der Waals surface area contributed by atoms with E-state index >= 15 is 0 Å². The van der Waals surface area contributed by atoms with Crippen molar-refractivity contribution in [3.8, 4) is 0 Å². The van der Waals surface area contributed by atoms with Crippen molar-refractivity contribution in [3.63, 3.8) is 0 Å². The summed E-state index contributed by atoms with van der Waals surface area (Å²) in [6.07, 6.45) is 8.12. The third-order valence-electron chi connectivity index (χ3n) is 6.91. The lowest BCUT2D eigenvalue weighted by atomic mass is 9.98. The van der Waals surface area contributed by atoms with Crippen LogP contribution in [0.2, 0.25) is 0 Å². The van der Waals surface area contributed by atoms with Crippen LogP contribution in [0.5, 0.6) is 0 Å². The van der Waals surface area contributed by atoms with Crippen LogP contribution in [-0.4, -0.2) is 80.5 Å². The number of hydrogen-bond donors (Lipinski definition) is 0. The van der Waals surface area contributed by atoms with Crippen LogP contribution in [0.3, 0.4) is 0 Å². The first kappa shape index (κ1) is 25.9. The van der Waals surface area contributed by atoms with E-state index < -0.39 is 10.0 Å². The molecule has 2 saturated heterocycles. The van der Waals surface area contributed by atoms with E-state index in [1.807, 2.05) is 29.4 Å². The molecule has 0 aromatic heterocycles. The third kappa shape index (κ3) is 6.36. The van der Waals surface area contributed by atoms with Crippen molar-refractivity contribution in [2.45, 2.75) is 29.6 Å². The molecule has 2 aliphatic rings. The lowest BCUT2D eigenvalue weighted by molar-refractivity contribution is 0.0693. The Kier molecular flexibility index (Phi) is 8.70. The van der Waals surface area contributed by atoms with Crippen molar-refractivity contribution >= 4 is 33.8 Å². The quantitative estimate of drug-likeness (QED) is 0.517. The Labute approximate surface area is 214 Å². The molecule has 35 heavy (non-hydrogen) atoms. The van der Waals surface area contributed by atoms with Gasteiger partial charge in [0.05, 0.1) is 10.5 Å². The number of sulfonamides is 1. The molecule has 0 saturated carbocycles. The van der Waals surface area contributed by atoms with Crippen molar-refractivity contribution in [2.75, 3.05) is 52.1 Å². The summed E-state index contributed by atoms with van der Waals surface area (Å²) in [7, 11) is -3.66. The number of rotatable bonds is 7. The lowest BCUT2D eigenvalue weighted by Crippen LogP contribution is -2.48. The van der Waals surface area contributed by atoms with Gasteiger partial charge in [-0.1, -0.05) is 49.4 Å². The molecule has 0 radical (unpaired) electrons. The molecular formula is C27H35N3O3S2. The number of thioether (sulfide) groups is 1. The third-order valence-corrected chi connectivity index (χ3v) is 9.61. The lowest BCUT2D eigenvalue weighted by Gasteiger charge is -2.33. The Morgan fingerprint density at radius 2 is 1.69 bits per heavy atom. The van der Waals surface area contributed by atoms with Crippen molar-refractivity contribution < 1.29 is 13.2 Å². The fourth-order valence-corrected chi connectivity index (χ4v) is 6.62. The number of nitrogens with zero attached hydrogens (tertiary/aromatic N) is 3. The van der Waals surface area contributed by atoms with Crippen LogP contribution in [0.4, 0.5) is 0 Å². The number of piperidine rings is 1. The van der Waals surface area contributed by atoms with E-state index in [0.717, 1.165) is 42.9 Å². The molecule has 0 spiro atoms. The maximum Gasteiger partial charge on any atom is 0.255 e. The molecule has 0 N–H and O–H groups in total. The minimum absolute atomic E-state index is 0.0617. The van der Waals surface area contributed by atoms with Gasteiger partial charge in [0.25, 0.3) is 5.91 Å². The predicted molar refractivity (Wildman–Crippen MR) is 143 cm³/mol. The van der Waals surface area contributed by atoms with Crippen molar-refractivity contribution in [2.24, 2.45) is 5.92 Å². The molecular weight excluding hydrogens is 478 g/mol. The number of piperazine rings is 1. The fraction of sp³-hybridized carbons (Fsp3) is 0.444. The summed E-state index contributed by atoms with van der Waals surface area (Å²) in [4.78, 5) is 18.4. The van der Waals surface area contributed by atoms with Crippen LogP contribution in [0.25, 0.3) is 6.08 Å². The minimum Gasteiger partial charge on any atom is -0.339 e. The number of amides is 1. The minimum atomic E-state index is -3.66. The fourth-order valence-electron chi connectivity index (χ4n) is 4.60. The van der Waals surface area contributed by atoms with E-state index in [-0.39, 0.29) is 10.8 Å². The van der Waals surface area contributed by atoms with E-state index in [0.29, 0.717) is 37.7 Å². The number of likely N-dealkylation sites (tertiary alicyclic amines) is 1. The van der Waals surface area contributed by atoms with Crippen molar-refractivity contribution in [1.82, 2.24) is 14.1 Å². The average Bonchev–Trinajstić information content (AvgIpc) is 2.89. The Hall–Kier alpha value is -2.13. The van der Waals surface area contributed by atoms with Gasteiger partial charge in [0, 0.05) is 50.7 Å². The highest BCUT2D eigenvalue weighted by Crippen LogP contribution is 2.28. The highest BCUT2D eigenvalue weighted by Gasteiger charge is 2.30. The average molecular weight is 514 g/mol. The Bertz CT molecular complexity index is 1140. The van der Waals surface area contributed by atoms with Gasteiger partial charge in [-0.3, -0.25) is 9.69 Å². The largest absolute Gasteiger partial charge is 0.339 e. The molecule has 8 heteroatoms.